The number of hydrogen-bond donors (Lipinski definition) is 2. The van der Waals surface area contributed by atoms with Gasteiger partial charge in [0.2, 0.25) is 0 Å². The summed E-state index contributed by atoms with van der Waals surface area (Å²) in [5.74, 6) is -0.839. The van der Waals surface area contributed by atoms with Crippen LogP contribution in [-0.4, -0.2) is 42.4 Å². The summed E-state index contributed by atoms with van der Waals surface area (Å²) >= 11 is 0. The van der Waals surface area contributed by atoms with Crippen LogP contribution in [0.25, 0.3) is 0 Å². The summed E-state index contributed by atoms with van der Waals surface area (Å²) in [6, 6.07) is 0. The number of dihydropyridines is 1. The molecule has 112 valence electrons. The molecule has 0 saturated carbocycles. The smallest absolute Gasteiger partial charge is 0.284 e. The van der Waals surface area contributed by atoms with Gasteiger partial charge in [-0.25, -0.2) is 0 Å². The van der Waals surface area contributed by atoms with Gasteiger partial charge in [-0.15, -0.1) is 0 Å². The average molecular weight is 282 g/mol. The van der Waals surface area contributed by atoms with Crippen LogP contribution in [0.3, 0.4) is 0 Å². The lowest BCUT2D eigenvalue weighted by Crippen LogP contribution is -2.65. The minimum absolute atomic E-state index is 0.0207. The molecular formula is C13H22N4O3. The first-order chi connectivity index (χ1) is 9.38. The second kappa shape index (κ2) is 5.51. The first kappa shape index (κ1) is 15.0. The fourth-order valence-electron chi connectivity index (χ4n) is 2.72. The SMILES string of the molecule is COCC1(C)CCN(C2(N)C=CC([N+](=O)[O-])=CN2)CC1. The van der Waals surface area contributed by atoms with Gasteiger partial charge < -0.3 is 10.1 Å². The standard InChI is InChI=1S/C13H22N4O3/c1-12(10-20-2)5-7-16(8-6-12)13(14)4-3-11(9-15-13)17(18)19/h3-4,9,15H,5-8,10,14H2,1-2H3. The lowest BCUT2D eigenvalue weighted by Gasteiger charge is -2.46. The highest BCUT2D eigenvalue weighted by molar-refractivity contribution is 5.22. The second-order valence-corrected chi connectivity index (χ2v) is 5.86. The zero-order chi connectivity index (χ0) is 14.8. The zero-order valence-electron chi connectivity index (χ0n) is 12.0. The van der Waals surface area contributed by atoms with E-state index in [1.54, 1.807) is 13.2 Å². The predicted octanol–water partition coefficient (Wildman–Crippen LogP) is 0.625. The van der Waals surface area contributed by atoms with Crippen LogP contribution in [0.5, 0.6) is 0 Å². The van der Waals surface area contributed by atoms with Crippen molar-refractivity contribution in [3.8, 4) is 0 Å². The molecule has 7 heteroatoms. The summed E-state index contributed by atoms with van der Waals surface area (Å²) in [7, 11) is 1.72. The van der Waals surface area contributed by atoms with Crippen molar-refractivity contribution in [3.05, 3.63) is 34.2 Å². The first-order valence-electron chi connectivity index (χ1n) is 6.73. The van der Waals surface area contributed by atoms with E-state index in [2.05, 4.69) is 17.1 Å². The van der Waals surface area contributed by atoms with Gasteiger partial charge in [0.05, 0.1) is 17.7 Å². The molecule has 3 N–H and O–H groups in total. The number of likely N-dealkylation sites (tertiary alicyclic amines) is 1. The Kier molecular flexibility index (Phi) is 4.12. The van der Waals surface area contributed by atoms with Crippen molar-refractivity contribution in [1.82, 2.24) is 10.2 Å². The molecule has 0 aromatic carbocycles. The van der Waals surface area contributed by atoms with Gasteiger partial charge in [-0.3, -0.25) is 20.7 Å². The van der Waals surface area contributed by atoms with E-state index in [4.69, 9.17) is 10.5 Å². The van der Waals surface area contributed by atoms with Gasteiger partial charge in [0, 0.05) is 26.3 Å². The van der Waals surface area contributed by atoms with Gasteiger partial charge in [-0.2, -0.15) is 0 Å². The first-order valence-corrected chi connectivity index (χ1v) is 6.73. The number of nitrogens with two attached hydrogens (primary N) is 1. The molecule has 2 aliphatic heterocycles. The molecule has 0 bridgehead atoms. The fraction of sp³-hybridized carbons (Fsp3) is 0.692. The summed E-state index contributed by atoms with van der Waals surface area (Å²) in [5.41, 5.74) is 6.49. The molecule has 7 nitrogen and oxygen atoms in total. The zero-order valence-corrected chi connectivity index (χ0v) is 12.0. The van der Waals surface area contributed by atoms with Gasteiger partial charge in [0.1, 0.15) is 0 Å². The van der Waals surface area contributed by atoms with Crippen molar-refractivity contribution in [1.29, 1.82) is 0 Å². The predicted molar refractivity (Wildman–Crippen MR) is 75.1 cm³/mol. The minimum Gasteiger partial charge on any atom is -0.384 e. The number of nitrogens with one attached hydrogen (secondary N) is 1. The molecule has 1 unspecified atom stereocenters. The van der Waals surface area contributed by atoms with Crippen molar-refractivity contribution in [2.75, 3.05) is 26.8 Å². The number of allylic oxidation sites excluding steroid dienone is 1. The van der Waals surface area contributed by atoms with Gasteiger partial charge >= 0.3 is 0 Å². The number of methoxy groups -OCH3 is 1. The Morgan fingerprint density at radius 2 is 2.20 bits per heavy atom. The molecule has 0 spiro atoms. The van der Waals surface area contributed by atoms with E-state index in [0.717, 1.165) is 32.5 Å². The monoisotopic (exact) mass is 282 g/mol. The Hall–Kier alpha value is -1.44. The van der Waals surface area contributed by atoms with Gasteiger partial charge in [-0.05, 0) is 24.3 Å². The maximum atomic E-state index is 10.7. The Balaban J connectivity index is 1.98. The van der Waals surface area contributed by atoms with E-state index in [1.165, 1.54) is 12.3 Å². The Bertz CT molecular complexity index is 441. The third-order valence-corrected chi connectivity index (χ3v) is 4.16. The van der Waals surface area contributed by atoms with E-state index < -0.39 is 10.7 Å². The van der Waals surface area contributed by atoms with E-state index in [1.807, 2.05) is 0 Å². The van der Waals surface area contributed by atoms with Crippen molar-refractivity contribution >= 4 is 0 Å². The molecule has 1 atom stereocenters. The van der Waals surface area contributed by atoms with E-state index in [0.29, 0.717) is 0 Å². The molecule has 0 aromatic heterocycles. The van der Waals surface area contributed by atoms with Crippen LogP contribution < -0.4 is 11.1 Å². The highest BCUT2D eigenvalue weighted by atomic mass is 16.6. The number of hydrogen-bond acceptors (Lipinski definition) is 6. The molecule has 0 radical (unpaired) electrons. The highest BCUT2D eigenvalue weighted by Gasteiger charge is 2.38. The topological polar surface area (TPSA) is 93.7 Å². The van der Waals surface area contributed by atoms with Crippen molar-refractivity contribution in [2.24, 2.45) is 11.1 Å². The molecular weight excluding hydrogens is 260 g/mol. The third kappa shape index (κ3) is 3.00. The summed E-state index contributed by atoms with van der Waals surface area (Å²) in [6.07, 6.45) is 6.45. The molecule has 0 aliphatic carbocycles. The lowest BCUT2D eigenvalue weighted by atomic mass is 9.81. The van der Waals surface area contributed by atoms with Crippen LogP contribution in [0.4, 0.5) is 0 Å². The van der Waals surface area contributed by atoms with Gasteiger partial charge in [0.15, 0.2) is 5.79 Å². The quantitative estimate of drug-likeness (QED) is 0.580. The molecule has 1 saturated heterocycles. The second-order valence-electron chi connectivity index (χ2n) is 5.86. The van der Waals surface area contributed by atoms with Crippen LogP contribution in [0.2, 0.25) is 0 Å². The number of ether oxygens (including phenoxy) is 1. The normalized spacial score (nSPS) is 29.6. The average Bonchev–Trinajstić information content (AvgIpc) is 2.39. The molecule has 0 amide bonds. The maximum absolute atomic E-state index is 10.7. The lowest BCUT2D eigenvalue weighted by molar-refractivity contribution is -0.420. The number of nitro groups is 1. The number of piperidine rings is 1. The minimum atomic E-state index is -0.839. The molecule has 0 aromatic rings. The van der Waals surface area contributed by atoms with Crippen LogP contribution in [0.15, 0.2) is 24.0 Å². The van der Waals surface area contributed by atoms with Crippen LogP contribution >= 0.6 is 0 Å². The molecule has 1 fully saturated rings. The number of rotatable bonds is 4. The van der Waals surface area contributed by atoms with Gasteiger partial charge in [-0.1, -0.05) is 6.92 Å². The van der Waals surface area contributed by atoms with Crippen molar-refractivity contribution < 1.29 is 9.66 Å². The summed E-state index contributed by atoms with van der Waals surface area (Å²) < 4.78 is 5.27. The summed E-state index contributed by atoms with van der Waals surface area (Å²) in [5, 5.41) is 13.6. The van der Waals surface area contributed by atoms with Crippen LogP contribution in [0.1, 0.15) is 19.8 Å². The van der Waals surface area contributed by atoms with Crippen LogP contribution in [-0.2, 0) is 4.74 Å². The molecule has 2 aliphatic rings. The summed E-state index contributed by atoms with van der Waals surface area (Å²) in [4.78, 5) is 12.3. The summed E-state index contributed by atoms with van der Waals surface area (Å²) in [6.45, 7) is 4.61. The maximum Gasteiger partial charge on any atom is 0.284 e. The molecule has 2 heterocycles. The van der Waals surface area contributed by atoms with E-state index in [9.17, 15) is 10.1 Å². The molecule has 20 heavy (non-hydrogen) atoms. The van der Waals surface area contributed by atoms with E-state index in [-0.39, 0.29) is 11.1 Å². The van der Waals surface area contributed by atoms with Gasteiger partial charge in [0.25, 0.3) is 5.70 Å². The Morgan fingerprint density at radius 1 is 1.55 bits per heavy atom. The van der Waals surface area contributed by atoms with Crippen molar-refractivity contribution in [3.63, 3.8) is 0 Å². The Labute approximate surface area is 118 Å². The third-order valence-electron chi connectivity index (χ3n) is 4.16. The fourth-order valence-corrected chi connectivity index (χ4v) is 2.72. The Morgan fingerprint density at radius 3 is 2.65 bits per heavy atom. The molecule has 2 rings (SSSR count). The number of nitrogens with zero attached hydrogens (tertiary/aromatic N) is 2. The van der Waals surface area contributed by atoms with Crippen molar-refractivity contribution in [2.45, 2.75) is 25.6 Å². The van der Waals surface area contributed by atoms with E-state index >= 15 is 0 Å². The highest BCUT2D eigenvalue weighted by Crippen LogP contribution is 2.33. The van der Waals surface area contributed by atoms with Crippen LogP contribution in [0, 0.1) is 15.5 Å². The largest absolute Gasteiger partial charge is 0.384 e.